The number of ether oxygens (including phenoxy) is 1. The normalized spacial score (nSPS) is 10.9. The van der Waals surface area contributed by atoms with Gasteiger partial charge in [0.2, 0.25) is 5.91 Å². The van der Waals surface area contributed by atoms with Gasteiger partial charge >= 0.3 is 5.69 Å². The maximum Gasteiger partial charge on any atom is 0.332 e. The number of halogens is 1. The smallest absolute Gasteiger partial charge is 0.332 e. The fourth-order valence-corrected chi connectivity index (χ4v) is 4.15. The quantitative estimate of drug-likeness (QED) is 0.501. The number of methoxy groups -OCH3 is 1. The van der Waals surface area contributed by atoms with Crippen molar-refractivity contribution in [3.8, 4) is 5.75 Å². The van der Waals surface area contributed by atoms with Gasteiger partial charge in [-0.05, 0) is 29.6 Å². The lowest BCUT2D eigenvalue weighted by Crippen LogP contribution is -2.41. The van der Waals surface area contributed by atoms with Crippen LogP contribution in [0.3, 0.4) is 0 Å². The molecule has 0 aliphatic carbocycles. The lowest BCUT2D eigenvalue weighted by atomic mass is 10.2. The molecule has 0 saturated carbocycles. The van der Waals surface area contributed by atoms with Crippen molar-refractivity contribution in [3.63, 3.8) is 0 Å². The highest BCUT2D eigenvalue weighted by Gasteiger charge is 2.18. The number of para-hydroxylation sites is 2. The van der Waals surface area contributed by atoms with E-state index in [1.165, 1.54) is 29.9 Å². The molecular weight excluding hydrogens is 421 g/mol. The Balaban J connectivity index is 1.73. The second kappa shape index (κ2) is 8.57. The van der Waals surface area contributed by atoms with Gasteiger partial charge in [0, 0.05) is 5.56 Å². The molecule has 31 heavy (non-hydrogen) atoms. The van der Waals surface area contributed by atoms with E-state index in [1.54, 1.807) is 41.8 Å². The van der Waals surface area contributed by atoms with Crippen LogP contribution in [0.4, 0.5) is 10.1 Å². The zero-order chi connectivity index (χ0) is 22.0. The van der Waals surface area contributed by atoms with E-state index in [2.05, 4.69) is 5.32 Å². The number of hydrogen-bond acceptors (Lipinski definition) is 5. The molecule has 0 spiro atoms. The van der Waals surface area contributed by atoms with Crippen LogP contribution in [0, 0.1) is 5.82 Å². The topological polar surface area (TPSA) is 82.3 Å². The number of anilines is 1. The first-order valence-electron chi connectivity index (χ1n) is 9.36. The highest BCUT2D eigenvalue weighted by molar-refractivity contribution is 7.17. The number of thiophene rings is 1. The average Bonchev–Trinajstić information content (AvgIpc) is 3.26. The first-order valence-corrected chi connectivity index (χ1v) is 10.2. The number of aromatic nitrogens is 2. The maximum atomic E-state index is 14.1. The Labute approximate surface area is 180 Å². The number of nitrogens with one attached hydrogen (secondary N) is 1. The van der Waals surface area contributed by atoms with Gasteiger partial charge < -0.3 is 10.1 Å². The van der Waals surface area contributed by atoms with Gasteiger partial charge in [-0.3, -0.25) is 18.7 Å². The Bertz CT molecular complexity index is 1390. The van der Waals surface area contributed by atoms with Gasteiger partial charge in [-0.2, -0.15) is 0 Å². The third-order valence-electron chi connectivity index (χ3n) is 4.81. The Hall–Kier alpha value is -3.72. The van der Waals surface area contributed by atoms with E-state index in [9.17, 15) is 18.8 Å². The summed E-state index contributed by atoms with van der Waals surface area (Å²) in [5, 5.41) is 4.39. The largest absolute Gasteiger partial charge is 0.495 e. The van der Waals surface area contributed by atoms with Crippen LogP contribution >= 0.6 is 11.3 Å². The van der Waals surface area contributed by atoms with Crippen molar-refractivity contribution in [3.05, 3.63) is 92.2 Å². The van der Waals surface area contributed by atoms with Gasteiger partial charge in [0.15, 0.2) is 0 Å². The minimum Gasteiger partial charge on any atom is -0.495 e. The van der Waals surface area contributed by atoms with Crippen molar-refractivity contribution >= 4 is 33.1 Å². The average molecular weight is 439 g/mol. The molecule has 0 saturated heterocycles. The zero-order valence-electron chi connectivity index (χ0n) is 16.5. The molecule has 0 atom stereocenters. The number of benzene rings is 2. The van der Waals surface area contributed by atoms with Crippen molar-refractivity contribution in [1.29, 1.82) is 0 Å². The summed E-state index contributed by atoms with van der Waals surface area (Å²) in [7, 11) is 1.49. The van der Waals surface area contributed by atoms with E-state index < -0.39 is 23.0 Å². The molecule has 0 fully saturated rings. The molecule has 0 aliphatic rings. The van der Waals surface area contributed by atoms with E-state index in [0.717, 1.165) is 15.9 Å². The lowest BCUT2D eigenvalue weighted by Gasteiger charge is -2.14. The standard InChI is InChI=1S/C22H18FN3O4S/c1-30-18-9-5-4-8-16(18)24-19(27)13-25-17-10-11-31-20(17)21(28)26(22(25)29)12-14-6-2-3-7-15(14)23/h2-11H,12-13H2,1H3,(H,24,27). The molecule has 0 radical (unpaired) electrons. The third-order valence-corrected chi connectivity index (χ3v) is 5.70. The second-order valence-electron chi connectivity index (χ2n) is 6.73. The molecular formula is C22H18FN3O4S. The third kappa shape index (κ3) is 3.99. The molecule has 4 aromatic rings. The molecule has 158 valence electrons. The summed E-state index contributed by atoms with van der Waals surface area (Å²) in [6.07, 6.45) is 0. The number of amides is 1. The molecule has 1 amide bonds. The van der Waals surface area contributed by atoms with Crippen LogP contribution in [0.25, 0.3) is 10.2 Å². The monoisotopic (exact) mass is 439 g/mol. The molecule has 0 aliphatic heterocycles. The van der Waals surface area contributed by atoms with Crippen molar-refractivity contribution in [2.24, 2.45) is 0 Å². The SMILES string of the molecule is COc1ccccc1NC(=O)Cn1c(=O)n(Cc2ccccc2F)c(=O)c2sccc21. The van der Waals surface area contributed by atoms with Crippen molar-refractivity contribution in [2.45, 2.75) is 13.1 Å². The molecule has 9 heteroatoms. The summed E-state index contributed by atoms with van der Waals surface area (Å²) < 4.78 is 21.8. The Morgan fingerprint density at radius 1 is 1.06 bits per heavy atom. The van der Waals surface area contributed by atoms with Crippen LogP contribution in [0.2, 0.25) is 0 Å². The fourth-order valence-electron chi connectivity index (χ4n) is 3.30. The summed E-state index contributed by atoms with van der Waals surface area (Å²) >= 11 is 1.16. The minimum absolute atomic E-state index is 0.211. The summed E-state index contributed by atoms with van der Waals surface area (Å²) in [5.41, 5.74) is -0.166. The highest BCUT2D eigenvalue weighted by Crippen LogP contribution is 2.23. The zero-order valence-corrected chi connectivity index (χ0v) is 17.3. The first kappa shape index (κ1) is 20.5. The predicted molar refractivity (Wildman–Crippen MR) is 117 cm³/mol. The first-order chi connectivity index (χ1) is 15.0. The molecule has 0 unspecified atom stereocenters. The molecule has 4 rings (SSSR count). The molecule has 0 bridgehead atoms. The fraction of sp³-hybridized carbons (Fsp3) is 0.136. The van der Waals surface area contributed by atoms with Gasteiger partial charge in [-0.15, -0.1) is 11.3 Å². The number of carbonyl (C=O) groups is 1. The summed E-state index contributed by atoms with van der Waals surface area (Å²) in [4.78, 5) is 38.7. The number of nitrogens with zero attached hydrogens (tertiary/aromatic N) is 2. The van der Waals surface area contributed by atoms with Crippen LogP contribution in [0.15, 0.2) is 69.6 Å². The van der Waals surface area contributed by atoms with Crippen molar-refractivity contribution < 1.29 is 13.9 Å². The van der Waals surface area contributed by atoms with Gasteiger partial charge in [-0.25, -0.2) is 9.18 Å². The Kier molecular flexibility index (Phi) is 5.68. The molecule has 7 nitrogen and oxygen atoms in total. The van der Waals surface area contributed by atoms with Gasteiger partial charge in [0.05, 0.1) is 24.9 Å². The van der Waals surface area contributed by atoms with E-state index in [1.807, 2.05) is 0 Å². The van der Waals surface area contributed by atoms with E-state index in [-0.39, 0.29) is 18.7 Å². The van der Waals surface area contributed by atoms with Gasteiger partial charge in [0.1, 0.15) is 22.8 Å². The van der Waals surface area contributed by atoms with E-state index in [4.69, 9.17) is 4.74 Å². The van der Waals surface area contributed by atoms with Crippen LogP contribution < -0.4 is 21.3 Å². The summed E-state index contributed by atoms with van der Waals surface area (Å²) in [6, 6.07) is 14.5. The van der Waals surface area contributed by atoms with Crippen LogP contribution in [0.5, 0.6) is 5.75 Å². The van der Waals surface area contributed by atoms with E-state index >= 15 is 0 Å². The van der Waals surface area contributed by atoms with Crippen LogP contribution in [0.1, 0.15) is 5.56 Å². The summed E-state index contributed by atoms with van der Waals surface area (Å²) in [5.74, 6) is -0.496. The number of fused-ring (bicyclic) bond motifs is 1. The highest BCUT2D eigenvalue weighted by atomic mass is 32.1. The summed E-state index contributed by atoms with van der Waals surface area (Å²) in [6.45, 7) is -0.548. The molecule has 2 heterocycles. The Morgan fingerprint density at radius 2 is 1.81 bits per heavy atom. The second-order valence-corrected chi connectivity index (χ2v) is 7.65. The maximum absolute atomic E-state index is 14.1. The van der Waals surface area contributed by atoms with Crippen LogP contribution in [-0.4, -0.2) is 22.2 Å². The number of hydrogen-bond donors (Lipinski definition) is 1. The molecule has 2 aromatic carbocycles. The molecule has 1 N–H and O–H groups in total. The number of rotatable bonds is 6. The Morgan fingerprint density at radius 3 is 2.58 bits per heavy atom. The van der Waals surface area contributed by atoms with Crippen molar-refractivity contribution in [1.82, 2.24) is 9.13 Å². The lowest BCUT2D eigenvalue weighted by molar-refractivity contribution is -0.116. The predicted octanol–water partition coefficient (Wildman–Crippen LogP) is 3.06. The minimum atomic E-state index is -0.686. The van der Waals surface area contributed by atoms with Crippen LogP contribution in [-0.2, 0) is 17.9 Å². The number of carbonyl (C=O) groups excluding carboxylic acids is 1. The van der Waals surface area contributed by atoms with E-state index in [0.29, 0.717) is 21.7 Å². The van der Waals surface area contributed by atoms with Gasteiger partial charge in [-0.1, -0.05) is 30.3 Å². The van der Waals surface area contributed by atoms with Gasteiger partial charge in [0.25, 0.3) is 5.56 Å². The molecule has 2 aromatic heterocycles. The van der Waals surface area contributed by atoms with Crippen molar-refractivity contribution in [2.75, 3.05) is 12.4 Å².